The van der Waals surface area contributed by atoms with E-state index in [9.17, 15) is 9.18 Å². The minimum atomic E-state index is -0.258. The first-order valence-corrected chi connectivity index (χ1v) is 10.8. The number of hydrogen-bond acceptors (Lipinski definition) is 5. The first kappa shape index (κ1) is 19.7. The Balaban J connectivity index is 1.38. The second kappa shape index (κ2) is 8.10. The van der Waals surface area contributed by atoms with Gasteiger partial charge in [0.25, 0.3) is 0 Å². The number of piperazine rings is 1. The number of aromatic nitrogens is 2. The summed E-state index contributed by atoms with van der Waals surface area (Å²) in [6.07, 6.45) is 0.857. The topological polar surface area (TPSA) is 49.3 Å². The zero-order valence-corrected chi connectivity index (χ0v) is 17.6. The predicted octanol–water partition coefficient (Wildman–Crippen LogP) is 4.16. The van der Waals surface area contributed by atoms with E-state index in [1.807, 2.05) is 19.1 Å². The van der Waals surface area contributed by atoms with Gasteiger partial charge in [-0.15, -0.1) is 0 Å². The lowest BCUT2D eigenvalue weighted by atomic mass is 9.81. The van der Waals surface area contributed by atoms with Crippen molar-refractivity contribution in [3.8, 4) is 0 Å². The van der Waals surface area contributed by atoms with Gasteiger partial charge in [0.15, 0.2) is 5.78 Å². The Hall–Kier alpha value is -3.28. The zero-order chi connectivity index (χ0) is 21.4. The average molecular weight is 417 g/mol. The molecule has 1 aliphatic heterocycles. The maximum atomic E-state index is 14.3. The van der Waals surface area contributed by atoms with Crippen LogP contribution in [0.4, 0.5) is 16.0 Å². The Labute approximate surface area is 181 Å². The van der Waals surface area contributed by atoms with Gasteiger partial charge in [0, 0.05) is 38.3 Å². The highest BCUT2D eigenvalue weighted by atomic mass is 19.1. The zero-order valence-electron chi connectivity index (χ0n) is 17.6. The summed E-state index contributed by atoms with van der Waals surface area (Å²) in [4.78, 5) is 26.9. The molecule has 31 heavy (non-hydrogen) atoms. The number of nitrogens with zero attached hydrogens (tertiary/aromatic N) is 4. The number of benzene rings is 2. The molecule has 0 unspecified atom stereocenters. The normalized spacial score (nSPS) is 18.8. The van der Waals surface area contributed by atoms with Crippen molar-refractivity contribution in [2.75, 3.05) is 36.0 Å². The second-order valence-corrected chi connectivity index (χ2v) is 8.29. The van der Waals surface area contributed by atoms with Crippen molar-refractivity contribution < 1.29 is 9.18 Å². The van der Waals surface area contributed by atoms with Crippen molar-refractivity contribution in [2.45, 2.75) is 25.7 Å². The molecule has 0 N–H and O–H groups in total. The molecule has 0 bridgehead atoms. The van der Waals surface area contributed by atoms with Crippen molar-refractivity contribution in [3.63, 3.8) is 0 Å². The van der Waals surface area contributed by atoms with Gasteiger partial charge in [0.2, 0.25) is 5.95 Å². The number of hydrogen-bond donors (Lipinski definition) is 0. The molecule has 6 heteroatoms. The highest BCUT2D eigenvalue weighted by molar-refractivity contribution is 5.99. The largest absolute Gasteiger partial charge is 0.368 e. The van der Waals surface area contributed by atoms with Crippen molar-refractivity contribution in [2.24, 2.45) is 0 Å². The molecule has 1 aliphatic carbocycles. The Bertz CT molecular complexity index is 1110. The minimum absolute atomic E-state index is 0.00690. The number of carbonyl (C=O) groups excluding carboxylic acids is 1. The molecule has 2 aromatic carbocycles. The van der Waals surface area contributed by atoms with Crippen molar-refractivity contribution in [3.05, 3.63) is 82.9 Å². The lowest BCUT2D eigenvalue weighted by molar-refractivity contribution is 0.0961. The first-order valence-electron chi connectivity index (χ1n) is 10.8. The number of para-hydroxylation sites is 1. The minimum Gasteiger partial charge on any atom is -0.368 e. The molecule has 0 spiro atoms. The third-order valence-corrected chi connectivity index (χ3v) is 6.33. The SMILES string of the molecule is Cc1nc(N2CCN(c3ccccc3)CC2)nc2c1C(=O)C[C@@H](c1ccccc1F)C2. The van der Waals surface area contributed by atoms with E-state index in [0.717, 1.165) is 37.6 Å². The molecule has 5 nitrogen and oxygen atoms in total. The lowest BCUT2D eigenvalue weighted by Gasteiger charge is -2.36. The molecule has 2 aliphatic rings. The highest BCUT2D eigenvalue weighted by Gasteiger charge is 2.32. The van der Waals surface area contributed by atoms with Crippen LogP contribution in [0, 0.1) is 12.7 Å². The Morgan fingerprint density at radius 1 is 0.871 bits per heavy atom. The summed E-state index contributed by atoms with van der Waals surface area (Å²) in [6.45, 7) is 5.29. The maximum absolute atomic E-state index is 14.3. The van der Waals surface area contributed by atoms with E-state index in [4.69, 9.17) is 4.98 Å². The third-order valence-electron chi connectivity index (χ3n) is 6.33. The highest BCUT2D eigenvalue weighted by Crippen LogP contribution is 2.35. The van der Waals surface area contributed by atoms with E-state index in [1.165, 1.54) is 11.8 Å². The Morgan fingerprint density at radius 2 is 1.55 bits per heavy atom. The Morgan fingerprint density at radius 3 is 2.29 bits per heavy atom. The summed E-state index contributed by atoms with van der Waals surface area (Å²) in [5.41, 5.74) is 3.91. The summed E-state index contributed by atoms with van der Waals surface area (Å²) in [6, 6.07) is 17.1. The number of anilines is 2. The van der Waals surface area contributed by atoms with E-state index < -0.39 is 0 Å². The molecule has 1 fully saturated rings. The average Bonchev–Trinajstić information content (AvgIpc) is 2.79. The van der Waals surface area contributed by atoms with Crippen LogP contribution in [0.1, 0.15) is 39.6 Å². The van der Waals surface area contributed by atoms with Gasteiger partial charge < -0.3 is 9.80 Å². The number of fused-ring (bicyclic) bond motifs is 1. The number of carbonyl (C=O) groups is 1. The molecule has 3 aromatic rings. The van der Waals surface area contributed by atoms with E-state index in [2.05, 4.69) is 39.0 Å². The second-order valence-electron chi connectivity index (χ2n) is 8.29. The molecule has 1 aromatic heterocycles. The lowest BCUT2D eigenvalue weighted by Crippen LogP contribution is -2.47. The van der Waals surface area contributed by atoms with Gasteiger partial charge in [-0.2, -0.15) is 0 Å². The van der Waals surface area contributed by atoms with Crippen molar-refractivity contribution >= 4 is 17.4 Å². The fourth-order valence-electron chi connectivity index (χ4n) is 4.73. The first-order chi connectivity index (χ1) is 15.1. The van der Waals surface area contributed by atoms with Gasteiger partial charge in [-0.25, -0.2) is 14.4 Å². The van der Waals surface area contributed by atoms with E-state index >= 15 is 0 Å². The van der Waals surface area contributed by atoms with Gasteiger partial charge in [0.1, 0.15) is 5.82 Å². The van der Waals surface area contributed by atoms with E-state index in [-0.39, 0.29) is 17.5 Å². The number of halogens is 1. The summed E-state index contributed by atoms with van der Waals surface area (Å²) < 4.78 is 14.3. The van der Waals surface area contributed by atoms with Crippen LogP contribution in [0.25, 0.3) is 0 Å². The number of rotatable bonds is 3. The van der Waals surface area contributed by atoms with E-state index in [0.29, 0.717) is 29.9 Å². The van der Waals surface area contributed by atoms with E-state index in [1.54, 1.807) is 12.1 Å². The molecule has 1 saturated heterocycles. The molecular weight excluding hydrogens is 391 g/mol. The summed E-state index contributed by atoms with van der Waals surface area (Å²) in [7, 11) is 0. The summed E-state index contributed by atoms with van der Waals surface area (Å²) in [5, 5.41) is 0. The number of ketones is 1. The molecule has 5 rings (SSSR count). The standard InChI is InChI=1S/C25H25FN4O/c1-17-24-22(15-18(16-23(24)31)20-9-5-6-10-21(20)26)28-25(27-17)30-13-11-29(12-14-30)19-7-3-2-4-8-19/h2-10,18H,11-16H2,1H3/t18-/m0/s1. The van der Waals surface area contributed by atoms with Crippen LogP contribution < -0.4 is 9.80 Å². The van der Waals surface area contributed by atoms with Crippen LogP contribution in [0.5, 0.6) is 0 Å². The molecule has 0 amide bonds. The molecule has 0 saturated carbocycles. The Kier molecular flexibility index (Phi) is 5.14. The van der Waals surface area contributed by atoms with Gasteiger partial charge in [-0.05, 0) is 43.0 Å². The quantitative estimate of drug-likeness (QED) is 0.642. The monoisotopic (exact) mass is 416 g/mol. The van der Waals surface area contributed by atoms with Crippen molar-refractivity contribution in [1.29, 1.82) is 0 Å². The van der Waals surface area contributed by atoms with Crippen LogP contribution in [0.15, 0.2) is 54.6 Å². The summed E-state index contributed by atoms with van der Waals surface area (Å²) >= 11 is 0. The maximum Gasteiger partial charge on any atom is 0.225 e. The van der Waals surface area contributed by atoms with Crippen LogP contribution in [-0.4, -0.2) is 41.9 Å². The van der Waals surface area contributed by atoms with Gasteiger partial charge >= 0.3 is 0 Å². The molecule has 1 atom stereocenters. The molecule has 0 radical (unpaired) electrons. The predicted molar refractivity (Wildman–Crippen MR) is 119 cm³/mol. The number of Topliss-reactive ketones (excluding diaryl/α,β-unsaturated/α-hetero) is 1. The van der Waals surface area contributed by atoms with Crippen molar-refractivity contribution in [1.82, 2.24) is 9.97 Å². The molecule has 158 valence electrons. The fourth-order valence-corrected chi connectivity index (χ4v) is 4.73. The molecular formula is C25H25FN4O. The fraction of sp³-hybridized carbons (Fsp3) is 0.320. The summed E-state index contributed by atoms with van der Waals surface area (Å²) in [5.74, 6) is 0.239. The van der Waals surface area contributed by atoms with Gasteiger partial charge in [0.05, 0.1) is 17.0 Å². The van der Waals surface area contributed by atoms with Gasteiger partial charge in [-0.1, -0.05) is 36.4 Å². The smallest absolute Gasteiger partial charge is 0.225 e. The number of aryl methyl sites for hydroxylation is 1. The van der Waals surface area contributed by atoms with Crippen LogP contribution in [0.2, 0.25) is 0 Å². The molecule has 2 heterocycles. The van der Waals surface area contributed by atoms with Gasteiger partial charge in [-0.3, -0.25) is 4.79 Å². The van der Waals surface area contributed by atoms with Crippen LogP contribution in [-0.2, 0) is 6.42 Å². The van der Waals surface area contributed by atoms with Crippen LogP contribution in [0.3, 0.4) is 0 Å². The van der Waals surface area contributed by atoms with Crippen LogP contribution >= 0.6 is 0 Å². The third kappa shape index (κ3) is 3.78.